The number of alkyl carbamates (subject to hydrolysis) is 1. The third-order valence-corrected chi connectivity index (χ3v) is 5.24. The minimum absolute atomic E-state index is 0.346. The Hall–Kier alpha value is -2.10. The standard InChI is InChI=1S/C23H35N3O3/c1-23(2,3)29-22(28)26-20(13-17-7-5-4-6-8-17)21(27)16-25-15-19-11-9-18(14-24)10-12-19/h9-12,17,20-21,25,27H,4-8,13,15-16H2,1-3H3,(H,26,28)/t20-,21+/m0/s1. The molecule has 0 saturated heterocycles. The summed E-state index contributed by atoms with van der Waals surface area (Å²) in [5.74, 6) is 0.525. The molecule has 1 fully saturated rings. The molecule has 1 aromatic carbocycles. The van der Waals surface area contributed by atoms with Crippen molar-refractivity contribution >= 4 is 6.09 Å². The number of aliphatic hydroxyl groups excluding tert-OH is 1. The third kappa shape index (κ3) is 8.84. The van der Waals surface area contributed by atoms with Gasteiger partial charge in [-0.15, -0.1) is 0 Å². The highest BCUT2D eigenvalue weighted by Gasteiger charge is 2.27. The number of aliphatic hydroxyl groups is 1. The number of amides is 1. The van der Waals surface area contributed by atoms with Gasteiger partial charge in [-0.2, -0.15) is 5.26 Å². The first-order valence-electron chi connectivity index (χ1n) is 10.6. The van der Waals surface area contributed by atoms with Crippen LogP contribution in [0.5, 0.6) is 0 Å². The zero-order valence-corrected chi connectivity index (χ0v) is 17.9. The highest BCUT2D eigenvalue weighted by molar-refractivity contribution is 5.68. The maximum atomic E-state index is 12.3. The SMILES string of the molecule is CC(C)(C)OC(=O)N[C@@H](CC1CCCCC1)[C@H](O)CNCc1ccc(C#N)cc1. The van der Waals surface area contributed by atoms with E-state index in [9.17, 15) is 9.90 Å². The van der Waals surface area contributed by atoms with Crippen LogP contribution in [0.2, 0.25) is 0 Å². The summed E-state index contributed by atoms with van der Waals surface area (Å²) in [6, 6.07) is 9.12. The molecule has 3 N–H and O–H groups in total. The number of hydrogen-bond acceptors (Lipinski definition) is 5. The van der Waals surface area contributed by atoms with E-state index in [0.29, 0.717) is 24.6 Å². The van der Waals surface area contributed by atoms with Gasteiger partial charge >= 0.3 is 6.09 Å². The van der Waals surface area contributed by atoms with E-state index < -0.39 is 17.8 Å². The molecule has 1 aliphatic rings. The second-order valence-electron chi connectivity index (χ2n) is 9.00. The molecule has 6 heteroatoms. The van der Waals surface area contributed by atoms with E-state index in [-0.39, 0.29) is 6.04 Å². The molecule has 6 nitrogen and oxygen atoms in total. The predicted octanol–water partition coefficient (Wildman–Crippen LogP) is 3.87. The average Bonchev–Trinajstić information content (AvgIpc) is 2.67. The summed E-state index contributed by atoms with van der Waals surface area (Å²) >= 11 is 0. The van der Waals surface area contributed by atoms with Crippen LogP contribution in [-0.4, -0.2) is 35.5 Å². The largest absolute Gasteiger partial charge is 0.444 e. The number of carbonyl (C=O) groups excluding carboxylic acids is 1. The number of nitrogens with one attached hydrogen (secondary N) is 2. The van der Waals surface area contributed by atoms with Crippen molar-refractivity contribution in [3.63, 3.8) is 0 Å². The summed E-state index contributed by atoms with van der Waals surface area (Å²) in [5.41, 5.74) is 1.10. The Morgan fingerprint density at radius 1 is 1.24 bits per heavy atom. The Morgan fingerprint density at radius 2 is 1.90 bits per heavy atom. The van der Waals surface area contributed by atoms with Crippen molar-refractivity contribution in [3.8, 4) is 6.07 Å². The van der Waals surface area contributed by atoms with E-state index in [1.165, 1.54) is 19.3 Å². The van der Waals surface area contributed by atoms with Gasteiger partial charge in [0.1, 0.15) is 5.60 Å². The molecular formula is C23H35N3O3. The van der Waals surface area contributed by atoms with Crippen LogP contribution in [0.1, 0.15) is 70.4 Å². The number of ether oxygens (including phenoxy) is 1. The first-order valence-corrected chi connectivity index (χ1v) is 10.6. The van der Waals surface area contributed by atoms with Gasteiger partial charge in [0, 0.05) is 13.1 Å². The highest BCUT2D eigenvalue weighted by Crippen LogP contribution is 2.28. The lowest BCUT2D eigenvalue weighted by Gasteiger charge is -2.31. The lowest BCUT2D eigenvalue weighted by Crippen LogP contribution is -2.49. The maximum Gasteiger partial charge on any atom is 0.407 e. The van der Waals surface area contributed by atoms with E-state index in [0.717, 1.165) is 24.8 Å². The zero-order valence-electron chi connectivity index (χ0n) is 17.9. The molecule has 0 aromatic heterocycles. The summed E-state index contributed by atoms with van der Waals surface area (Å²) in [6.45, 7) is 6.45. The smallest absolute Gasteiger partial charge is 0.407 e. The van der Waals surface area contributed by atoms with Gasteiger partial charge in [-0.25, -0.2) is 4.79 Å². The summed E-state index contributed by atoms with van der Waals surface area (Å²) in [4.78, 5) is 12.3. The van der Waals surface area contributed by atoms with Crippen molar-refractivity contribution in [2.24, 2.45) is 5.92 Å². The zero-order chi connectivity index (χ0) is 21.3. The first-order chi connectivity index (χ1) is 13.8. The molecule has 2 atom stereocenters. The van der Waals surface area contributed by atoms with Crippen LogP contribution in [0.25, 0.3) is 0 Å². The fourth-order valence-electron chi connectivity index (χ4n) is 3.76. The summed E-state index contributed by atoms with van der Waals surface area (Å²) in [7, 11) is 0. The topological polar surface area (TPSA) is 94.4 Å². The number of benzene rings is 1. The molecule has 0 radical (unpaired) electrons. The normalized spacial score (nSPS) is 17.2. The lowest BCUT2D eigenvalue weighted by atomic mass is 9.83. The molecular weight excluding hydrogens is 366 g/mol. The minimum atomic E-state index is -0.706. The Bertz CT molecular complexity index is 670. The molecule has 0 spiro atoms. The van der Waals surface area contributed by atoms with Gasteiger partial charge < -0.3 is 20.5 Å². The lowest BCUT2D eigenvalue weighted by molar-refractivity contribution is 0.0391. The van der Waals surface area contributed by atoms with Gasteiger partial charge in [-0.3, -0.25) is 0 Å². The molecule has 0 unspecified atom stereocenters. The van der Waals surface area contributed by atoms with Gasteiger partial charge in [0.05, 0.1) is 23.8 Å². The second-order valence-corrected chi connectivity index (χ2v) is 9.00. The number of nitrogens with zero attached hydrogens (tertiary/aromatic N) is 1. The van der Waals surface area contributed by atoms with Gasteiger partial charge in [0.15, 0.2) is 0 Å². The number of rotatable bonds is 8. The molecule has 2 rings (SSSR count). The fraction of sp³-hybridized carbons (Fsp3) is 0.652. The molecule has 29 heavy (non-hydrogen) atoms. The average molecular weight is 402 g/mol. The molecule has 0 heterocycles. The van der Waals surface area contributed by atoms with Gasteiger partial charge in [0.2, 0.25) is 0 Å². The van der Waals surface area contributed by atoms with Crippen molar-refractivity contribution in [2.45, 2.75) is 83.6 Å². The van der Waals surface area contributed by atoms with Crippen molar-refractivity contribution in [3.05, 3.63) is 35.4 Å². The van der Waals surface area contributed by atoms with E-state index in [2.05, 4.69) is 16.7 Å². The Kier molecular flexibility index (Phi) is 8.94. The number of carbonyl (C=O) groups is 1. The molecule has 0 aliphatic heterocycles. The Labute approximate surface area is 174 Å². The van der Waals surface area contributed by atoms with Crippen LogP contribution in [0.3, 0.4) is 0 Å². The first kappa shape index (κ1) is 23.2. The molecule has 0 bridgehead atoms. The predicted molar refractivity (Wildman–Crippen MR) is 113 cm³/mol. The van der Waals surface area contributed by atoms with E-state index in [1.807, 2.05) is 32.9 Å². The van der Waals surface area contributed by atoms with Crippen LogP contribution in [0.15, 0.2) is 24.3 Å². The van der Waals surface area contributed by atoms with Crippen LogP contribution in [-0.2, 0) is 11.3 Å². The van der Waals surface area contributed by atoms with E-state index in [1.54, 1.807) is 12.1 Å². The van der Waals surface area contributed by atoms with E-state index in [4.69, 9.17) is 10.00 Å². The summed E-state index contributed by atoms with van der Waals surface area (Å²) in [6.07, 6.45) is 5.59. The molecule has 1 amide bonds. The van der Waals surface area contributed by atoms with Crippen molar-refractivity contribution in [1.29, 1.82) is 5.26 Å². The minimum Gasteiger partial charge on any atom is -0.444 e. The Morgan fingerprint density at radius 3 is 2.48 bits per heavy atom. The molecule has 1 aromatic rings. The molecule has 1 saturated carbocycles. The van der Waals surface area contributed by atoms with Crippen LogP contribution >= 0.6 is 0 Å². The van der Waals surface area contributed by atoms with Crippen molar-refractivity contribution in [1.82, 2.24) is 10.6 Å². The highest BCUT2D eigenvalue weighted by atomic mass is 16.6. The maximum absolute atomic E-state index is 12.3. The van der Waals surface area contributed by atoms with Crippen LogP contribution in [0, 0.1) is 17.2 Å². The summed E-state index contributed by atoms with van der Waals surface area (Å²) in [5, 5.41) is 25.8. The van der Waals surface area contributed by atoms with Gasteiger partial charge in [-0.05, 0) is 50.8 Å². The number of nitriles is 1. The molecule has 1 aliphatic carbocycles. The second kappa shape index (κ2) is 11.2. The summed E-state index contributed by atoms with van der Waals surface area (Å²) < 4.78 is 5.40. The molecule has 160 valence electrons. The van der Waals surface area contributed by atoms with Gasteiger partial charge in [-0.1, -0.05) is 44.2 Å². The van der Waals surface area contributed by atoms with Crippen LogP contribution < -0.4 is 10.6 Å². The Balaban J connectivity index is 1.90. The van der Waals surface area contributed by atoms with Gasteiger partial charge in [0.25, 0.3) is 0 Å². The van der Waals surface area contributed by atoms with Crippen molar-refractivity contribution in [2.75, 3.05) is 6.54 Å². The number of hydrogen-bond donors (Lipinski definition) is 3. The monoisotopic (exact) mass is 401 g/mol. The quantitative estimate of drug-likeness (QED) is 0.615. The van der Waals surface area contributed by atoms with Crippen molar-refractivity contribution < 1.29 is 14.6 Å². The van der Waals surface area contributed by atoms with Crippen LogP contribution in [0.4, 0.5) is 4.79 Å². The van der Waals surface area contributed by atoms with E-state index >= 15 is 0 Å². The fourth-order valence-corrected chi connectivity index (χ4v) is 3.76. The third-order valence-electron chi connectivity index (χ3n) is 5.24.